The van der Waals surface area contributed by atoms with Gasteiger partial charge in [-0.05, 0) is 84.7 Å². The Morgan fingerprint density at radius 3 is 2.23 bits per heavy atom. The second kappa shape index (κ2) is 6.67. The summed E-state index contributed by atoms with van der Waals surface area (Å²) in [6.07, 6.45) is 4.42. The SMILES string of the molecule is Cc1cc(C(=O)O)ccc1-c1ccc(C2CC23CCN(C(=O)C2(O)CC2)CC3)cc1. The number of hydrogen-bond donors (Lipinski definition) is 2. The predicted molar refractivity (Wildman–Crippen MR) is 113 cm³/mol. The molecule has 2 N–H and O–H groups in total. The molecule has 0 bridgehead atoms. The molecular weight excluding hydrogens is 378 g/mol. The van der Waals surface area contributed by atoms with E-state index < -0.39 is 11.6 Å². The van der Waals surface area contributed by atoms with Crippen LogP contribution in [0.25, 0.3) is 11.1 Å². The molecule has 1 spiro atoms. The minimum absolute atomic E-state index is 0.0665. The summed E-state index contributed by atoms with van der Waals surface area (Å²) < 4.78 is 0. The van der Waals surface area contributed by atoms with E-state index in [4.69, 9.17) is 5.11 Å². The molecule has 1 unspecified atom stereocenters. The lowest BCUT2D eigenvalue weighted by atomic mass is 9.88. The van der Waals surface area contributed by atoms with Crippen LogP contribution in [0.1, 0.15) is 59.5 Å². The molecule has 3 aliphatic rings. The molecule has 1 amide bonds. The molecular formula is C25H27NO4. The van der Waals surface area contributed by atoms with Gasteiger partial charge in [0.25, 0.3) is 5.91 Å². The number of carboxylic acid groups (broad SMARTS) is 1. The van der Waals surface area contributed by atoms with Gasteiger partial charge in [0.2, 0.25) is 0 Å². The van der Waals surface area contributed by atoms with Crippen LogP contribution in [0.2, 0.25) is 0 Å². The van der Waals surface area contributed by atoms with Crippen LogP contribution in [-0.4, -0.2) is 45.7 Å². The molecule has 5 nitrogen and oxygen atoms in total. The minimum atomic E-state index is -1.05. The first-order valence-electron chi connectivity index (χ1n) is 10.8. The van der Waals surface area contributed by atoms with Gasteiger partial charge in [0.1, 0.15) is 5.60 Å². The van der Waals surface area contributed by atoms with Gasteiger partial charge in [0, 0.05) is 13.1 Å². The first-order valence-corrected chi connectivity index (χ1v) is 10.8. The van der Waals surface area contributed by atoms with Crippen molar-refractivity contribution in [3.63, 3.8) is 0 Å². The summed E-state index contributed by atoms with van der Waals surface area (Å²) >= 11 is 0. The fourth-order valence-electron chi connectivity index (χ4n) is 5.17. The van der Waals surface area contributed by atoms with Crippen molar-refractivity contribution >= 4 is 11.9 Å². The minimum Gasteiger partial charge on any atom is -0.478 e. The number of carbonyl (C=O) groups excluding carboxylic acids is 1. The Bertz CT molecular complexity index is 1010. The van der Waals surface area contributed by atoms with Gasteiger partial charge < -0.3 is 15.1 Å². The molecule has 0 radical (unpaired) electrons. The number of benzene rings is 2. The van der Waals surface area contributed by atoms with Crippen molar-refractivity contribution in [1.29, 1.82) is 0 Å². The van der Waals surface area contributed by atoms with E-state index in [1.807, 2.05) is 17.9 Å². The largest absolute Gasteiger partial charge is 0.478 e. The van der Waals surface area contributed by atoms with E-state index in [0.29, 0.717) is 29.7 Å². The lowest BCUT2D eigenvalue weighted by molar-refractivity contribution is -0.144. The number of amides is 1. The fourth-order valence-corrected chi connectivity index (χ4v) is 5.17. The molecule has 156 valence electrons. The predicted octanol–water partition coefficient (Wildman–Crippen LogP) is 3.98. The highest BCUT2D eigenvalue weighted by Gasteiger charge is 2.57. The monoisotopic (exact) mass is 405 g/mol. The van der Waals surface area contributed by atoms with Crippen molar-refractivity contribution in [3.8, 4) is 11.1 Å². The highest BCUT2D eigenvalue weighted by Crippen LogP contribution is 2.65. The maximum atomic E-state index is 12.4. The van der Waals surface area contributed by atoms with Crippen LogP contribution in [0.5, 0.6) is 0 Å². The number of carboxylic acids is 1. The average Bonchev–Trinajstić information content (AvgIpc) is 3.66. The average molecular weight is 405 g/mol. The summed E-state index contributed by atoms with van der Waals surface area (Å²) in [4.78, 5) is 25.4. The first kappa shape index (κ1) is 19.3. The molecule has 1 saturated heterocycles. The molecule has 1 heterocycles. The van der Waals surface area contributed by atoms with Crippen LogP contribution < -0.4 is 0 Å². The van der Waals surface area contributed by atoms with Gasteiger partial charge in [-0.3, -0.25) is 4.79 Å². The summed E-state index contributed by atoms with van der Waals surface area (Å²) in [5.74, 6) is -0.426. The van der Waals surface area contributed by atoms with Gasteiger partial charge in [-0.1, -0.05) is 30.3 Å². The topological polar surface area (TPSA) is 77.8 Å². The van der Waals surface area contributed by atoms with Crippen molar-refractivity contribution in [2.75, 3.05) is 13.1 Å². The molecule has 30 heavy (non-hydrogen) atoms. The number of nitrogens with zero attached hydrogens (tertiary/aromatic N) is 1. The first-order chi connectivity index (χ1) is 14.3. The molecule has 2 saturated carbocycles. The van der Waals surface area contributed by atoms with Crippen LogP contribution in [0.4, 0.5) is 0 Å². The van der Waals surface area contributed by atoms with E-state index in [2.05, 4.69) is 24.3 Å². The van der Waals surface area contributed by atoms with E-state index >= 15 is 0 Å². The summed E-state index contributed by atoms with van der Waals surface area (Å²) in [5.41, 5.74) is 4.03. The number of likely N-dealkylation sites (tertiary alicyclic amines) is 1. The third kappa shape index (κ3) is 3.21. The Balaban J connectivity index is 1.25. The molecule has 2 aromatic rings. The molecule has 2 aliphatic carbocycles. The number of aryl methyl sites for hydroxylation is 1. The van der Waals surface area contributed by atoms with Crippen molar-refractivity contribution in [2.24, 2.45) is 5.41 Å². The lowest BCUT2D eigenvalue weighted by Crippen LogP contribution is -2.45. The van der Waals surface area contributed by atoms with Gasteiger partial charge >= 0.3 is 5.97 Å². The van der Waals surface area contributed by atoms with Gasteiger partial charge in [0.15, 0.2) is 0 Å². The van der Waals surface area contributed by atoms with E-state index in [9.17, 15) is 14.7 Å². The fraction of sp³-hybridized carbons (Fsp3) is 0.440. The summed E-state index contributed by atoms with van der Waals surface area (Å²) in [5, 5.41) is 19.2. The third-order valence-electron chi connectivity index (χ3n) is 7.46. The van der Waals surface area contributed by atoms with Crippen LogP contribution in [0.15, 0.2) is 42.5 Å². The van der Waals surface area contributed by atoms with E-state index in [1.54, 1.807) is 12.1 Å². The molecule has 2 aromatic carbocycles. The maximum absolute atomic E-state index is 12.4. The smallest absolute Gasteiger partial charge is 0.335 e. The molecule has 1 atom stereocenters. The van der Waals surface area contributed by atoms with Crippen LogP contribution in [0.3, 0.4) is 0 Å². The van der Waals surface area contributed by atoms with Crippen LogP contribution in [-0.2, 0) is 4.79 Å². The van der Waals surface area contributed by atoms with Crippen molar-refractivity contribution in [3.05, 3.63) is 59.2 Å². The normalized spacial score (nSPS) is 23.3. The highest BCUT2D eigenvalue weighted by molar-refractivity contribution is 5.89. The zero-order chi connectivity index (χ0) is 21.1. The number of piperidine rings is 1. The Hall–Kier alpha value is -2.66. The zero-order valence-corrected chi connectivity index (χ0v) is 17.2. The number of hydrogen-bond acceptors (Lipinski definition) is 3. The maximum Gasteiger partial charge on any atom is 0.335 e. The summed E-state index contributed by atoms with van der Waals surface area (Å²) in [6.45, 7) is 3.45. The highest BCUT2D eigenvalue weighted by atomic mass is 16.4. The lowest BCUT2D eigenvalue weighted by Gasteiger charge is -2.34. The number of aromatic carboxylic acids is 1. The number of carbonyl (C=O) groups is 2. The molecule has 1 aliphatic heterocycles. The summed E-state index contributed by atoms with van der Waals surface area (Å²) in [6, 6.07) is 13.9. The molecule has 5 heteroatoms. The van der Waals surface area contributed by atoms with Gasteiger partial charge in [-0.2, -0.15) is 0 Å². The second-order valence-electron chi connectivity index (χ2n) is 9.40. The van der Waals surface area contributed by atoms with Gasteiger partial charge in [0.05, 0.1) is 5.56 Å². The molecule has 0 aromatic heterocycles. The number of aliphatic hydroxyl groups is 1. The van der Waals surface area contributed by atoms with Gasteiger partial charge in [-0.25, -0.2) is 4.79 Å². The molecule has 5 rings (SSSR count). The van der Waals surface area contributed by atoms with Crippen LogP contribution >= 0.6 is 0 Å². The summed E-state index contributed by atoms with van der Waals surface area (Å²) in [7, 11) is 0. The van der Waals surface area contributed by atoms with Crippen molar-refractivity contribution < 1.29 is 19.8 Å². The Morgan fingerprint density at radius 1 is 1.00 bits per heavy atom. The Labute approximate surface area is 176 Å². The number of rotatable bonds is 4. The van der Waals surface area contributed by atoms with Crippen LogP contribution in [0, 0.1) is 12.3 Å². The van der Waals surface area contributed by atoms with E-state index in [1.165, 1.54) is 12.0 Å². The van der Waals surface area contributed by atoms with E-state index in [0.717, 1.165) is 42.6 Å². The second-order valence-corrected chi connectivity index (χ2v) is 9.40. The van der Waals surface area contributed by atoms with E-state index in [-0.39, 0.29) is 5.91 Å². The third-order valence-corrected chi connectivity index (χ3v) is 7.46. The van der Waals surface area contributed by atoms with Crippen molar-refractivity contribution in [2.45, 2.75) is 50.5 Å². The van der Waals surface area contributed by atoms with Gasteiger partial charge in [-0.15, -0.1) is 0 Å². The quantitative estimate of drug-likeness (QED) is 0.807. The standard InChI is InChI=1S/C25H27NO4/c1-16-14-19(22(27)28)6-7-20(16)17-2-4-18(5-3-17)21-15-24(21)10-12-26(13-11-24)23(29)25(30)8-9-25/h2-7,14,21,30H,8-13,15H2,1H3,(H,27,28). The zero-order valence-electron chi connectivity index (χ0n) is 17.2. The molecule has 3 fully saturated rings. The Kier molecular flexibility index (Phi) is 4.30. The van der Waals surface area contributed by atoms with Crippen molar-refractivity contribution in [1.82, 2.24) is 4.90 Å². The Morgan fingerprint density at radius 2 is 1.67 bits per heavy atom.